The van der Waals surface area contributed by atoms with E-state index >= 15 is 0 Å². The molecule has 0 aliphatic rings. The first-order valence-corrected chi connectivity index (χ1v) is 8.25. The van der Waals surface area contributed by atoms with Gasteiger partial charge in [0.25, 0.3) is 0 Å². The van der Waals surface area contributed by atoms with Gasteiger partial charge in [-0.15, -0.1) is 0 Å². The average Bonchev–Trinajstić information content (AvgIpc) is 2.62. The normalized spacial score (nSPS) is 10.4. The highest BCUT2D eigenvalue weighted by Crippen LogP contribution is 2.29. The van der Waals surface area contributed by atoms with E-state index in [-0.39, 0.29) is 0 Å². The fraction of sp³-hybridized carbons (Fsp3) is 0.158. The van der Waals surface area contributed by atoms with Gasteiger partial charge in [-0.05, 0) is 36.8 Å². The minimum Gasteiger partial charge on any atom is -0.495 e. The van der Waals surface area contributed by atoms with Crippen molar-refractivity contribution in [1.29, 1.82) is 0 Å². The van der Waals surface area contributed by atoms with E-state index < -0.39 is 0 Å². The minimum absolute atomic E-state index is 0.467. The third kappa shape index (κ3) is 4.61. The highest BCUT2D eigenvalue weighted by molar-refractivity contribution is 6.31. The maximum absolute atomic E-state index is 6.05. The topological polar surface area (TPSA) is 59.1 Å². The van der Waals surface area contributed by atoms with E-state index in [2.05, 4.69) is 51.8 Å². The van der Waals surface area contributed by atoms with Crippen molar-refractivity contribution in [3.63, 3.8) is 0 Å². The van der Waals surface area contributed by atoms with Crippen molar-refractivity contribution in [3.05, 3.63) is 70.9 Å². The summed E-state index contributed by atoms with van der Waals surface area (Å²) in [7, 11) is 1.61. The lowest BCUT2D eigenvalue weighted by Gasteiger charge is -2.11. The molecule has 0 amide bonds. The molecule has 3 rings (SSSR count). The Morgan fingerprint density at radius 2 is 1.88 bits per heavy atom. The van der Waals surface area contributed by atoms with E-state index in [4.69, 9.17) is 16.3 Å². The summed E-state index contributed by atoms with van der Waals surface area (Å²) in [6, 6.07) is 15.5. The molecule has 0 atom stereocenters. The van der Waals surface area contributed by atoms with E-state index in [0.29, 0.717) is 29.0 Å². The zero-order valence-electron chi connectivity index (χ0n) is 14.1. The molecular weight excluding hydrogens is 336 g/mol. The number of ether oxygens (including phenoxy) is 1. The van der Waals surface area contributed by atoms with Crippen LogP contribution in [0, 0.1) is 6.92 Å². The number of anilines is 3. The summed E-state index contributed by atoms with van der Waals surface area (Å²) in [5.74, 6) is 1.87. The largest absolute Gasteiger partial charge is 0.495 e. The molecule has 25 heavy (non-hydrogen) atoms. The van der Waals surface area contributed by atoms with Gasteiger partial charge in [0, 0.05) is 17.8 Å². The average molecular weight is 355 g/mol. The van der Waals surface area contributed by atoms with Gasteiger partial charge in [0.2, 0.25) is 5.95 Å². The fourth-order valence-corrected chi connectivity index (χ4v) is 2.49. The van der Waals surface area contributed by atoms with Crippen LogP contribution in [0.3, 0.4) is 0 Å². The van der Waals surface area contributed by atoms with Crippen molar-refractivity contribution in [2.45, 2.75) is 13.5 Å². The summed E-state index contributed by atoms with van der Waals surface area (Å²) in [6.45, 7) is 2.76. The van der Waals surface area contributed by atoms with E-state index in [9.17, 15) is 0 Å². The van der Waals surface area contributed by atoms with Gasteiger partial charge < -0.3 is 15.4 Å². The number of aromatic nitrogens is 2. The molecule has 3 aromatic rings. The Bertz CT molecular complexity index is 852. The second-order valence-electron chi connectivity index (χ2n) is 5.57. The molecule has 0 spiro atoms. The molecule has 2 aromatic carbocycles. The van der Waals surface area contributed by atoms with Gasteiger partial charge in [-0.1, -0.05) is 41.4 Å². The SMILES string of the molecule is COc1ccc(Cl)cc1Nc1nccc(NCc2ccc(C)cc2)n1. The van der Waals surface area contributed by atoms with Crippen molar-refractivity contribution in [3.8, 4) is 5.75 Å². The Morgan fingerprint density at radius 1 is 1.08 bits per heavy atom. The zero-order valence-corrected chi connectivity index (χ0v) is 14.8. The predicted octanol–water partition coefficient (Wildman–Crippen LogP) is 4.80. The summed E-state index contributed by atoms with van der Waals surface area (Å²) in [4.78, 5) is 8.72. The summed E-state index contributed by atoms with van der Waals surface area (Å²) in [6.07, 6.45) is 1.70. The summed E-state index contributed by atoms with van der Waals surface area (Å²) in [5.41, 5.74) is 3.15. The molecule has 128 valence electrons. The second kappa shape index (κ2) is 7.85. The highest BCUT2D eigenvalue weighted by atomic mass is 35.5. The van der Waals surface area contributed by atoms with Crippen molar-refractivity contribution in [1.82, 2.24) is 9.97 Å². The summed E-state index contributed by atoms with van der Waals surface area (Å²) >= 11 is 6.05. The van der Waals surface area contributed by atoms with Crippen LogP contribution >= 0.6 is 11.6 Å². The van der Waals surface area contributed by atoms with E-state index in [1.54, 1.807) is 31.5 Å². The third-order valence-electron chi connectivity index (χ3n) is 3.66. The molecule has 5 nitrogen and oxygen atoms in total. The van der Waals surface area contributed by atoms with Gasteiger partial charge in [0.1, 0.15) is 11.6 Å². The number of halogens is 1. The van der Waals surface area contributed by atoms with Gasteiger partial charge >= 0.3 is 0 Å². The molecule has 0 saturated heterocycles. The van der Waals surface area contributed by atoms with Crippen molar-refractivity contribution >= 4 is 29.1 Å². The number of rotatable bonds is 6. The standard InChI is InChI=1S/C19H19ClN4O/c1-13-3-5-14(6-4-13)12-22-18-9-10-21-19(24-18)23-16-11-15(20)7-8-17(16)25-2/h3-11H,12H2,1-2H3,(H2,21,22,23,24). The smallest absolute Gasteiger partial charge is 0.229 e. The Balaban J connectivity index is 1.71. The van der Waals surface area contributed by atoms with Crippen LogP contribution in [0.25, 0.3) is 0 Å². The number of nitrogens with one attached hydrogen (secondary N) is 2. The number of hydrogen-bond acceptors (Lipinski definition) is 5. The second-order valence-corrected chi connectivity index (χ2v) is 6.01. The van der Waals surface area contributed by atoms with Crippen LogP contribution in [0.15, 0.2) is 54.7 Å². The van der Waals surface area contributed by atoms with Crippen LogP contribution in [0.1, 0.15) is 11.1 Å². The number of hydrogen-bond donors (Lipinski definition) is 2. The molecular formula is C19H19ClN4O. The molecule has 0 aliphatic heterocycles. The van der Waals surface area contributed by atoms with E-state index in [1.165, 1.54) is 11.1 Å². The quantitative estimate of drug-likeness (QED) is 0.665. The van der Waals surface area contributed by atoms with Crippen LogP contribution in [-0.2, 0) is 6.54 Å². The van der Waals surface area contributed by atoms with Gasteiger partial charge in [-0.3, -0.25) is 0 Å². The first kappa shape index (κ1) is 17.0. The lowest BCUT2D eigenvalue weighted by molar-refractivity contribution is 0.417. The molecule has 0 radical (unpaired) electrons. The van der Waals surface area contributed by atoms with Crippen LogP contribution < -0.4 is 15.4 Å². The molecule has 1 heterocycles. The molecule has 0 aliphatic carbocycles. The van der Waals surface area contributed by atoms with Gasteiger partial charge in [-0.2, -0.15) is 4.98 Å². The van der Waals surface area contributed by atoms with Crippen LogP contribution in [0.2, 0.25) is 5.02 Å². The van der Waals surface area contributed by atoms with Gasteiger partial charge in [0.15, 0.2) is 0 Å². The lowest BCUT2D eigenvalue weighted by atomic mass is 10.1. The summed E-state index contributed by atoms with van der Waals surface area (Å²) in [5, 5.41) is 7.05. The molecule has 0 fully saturated rings. The van der Waals surface area contributed by atoms with Gasteiger partial charge in [0.05, 0.1) is 12.8 Å². The van der Waals surface area contributed by atoms with Crippen LogP contribution in [0.5, 0.6) is 5.75 Å². The molecule has 6 heteroatoms. The third-order valence-corrected chi connectivity index (χ3v) is 3.89. The Morgan fingerprint density at radius 3 is 2.64 bits per heavy atom. The first-order valence-electron chi connectivity index (χ1n) is 7.87. The van der Waals surface area contributed by atoms with Crippen molar-refractivity contribution < 1.29 is 4.74 Å². The van der Waals surface area contributed by atoms with Crippen LogP contribution in [0.4, 0.5) is 17.5 Å². The molecule has 2 N–H and O–H groups in total. The van der Waals surface area contributed by atoms with Crippen molar-refractivity contribution in [2.24, 2.45) is 0 Å². The Labute approximate surface area is 152 Å². The predicted molar refractivity (Wildman–Crippen MR) is 102 cm³/mol. The maximum atomic E-state index is 6.05. The van der Waals surface area contributed by atoms with E-state index in [0.717, 1.165) is 5.82 Å². The lowest BCUT2D eigenvalue weighted by Crippen LogP contribution is -2.04. The van der Waals surface area contributed by atoms with Crippen molar-refractivity contribution in [2.75, 3.05) is 17.7 Å². The van der Waals surface area contributed by atoms with Gasteiger partial charge in [-0.25, -0.2) is 4.98 Å². The number of aryl methyl sites for hydroxylation is 1. The monoisotopic (exact) mass is 354 g/mol. The molecule has 0 unspecified atom stereocenters. The highest BCUT2D eigenvalue weighted by Gasteiger charge is 2.06. The molecule has 0 bridgehead atoms. The minimum atomic E-state index is 0.467. The number of methoxy groups -OCH3 is 1. The number of benzene rings is 2. The van der Waals surface area contributed by atoms with E-state index in [1.807, 2.05) is 6.07 Å². The molecule has 1 aromatic heterocycles. The Kier molecular flexibility index (Phi) is 5.36. The van der Waals surface area contributed by atoms with Crippen LogP contribution in [-0.4, -0.2) is 17.1 Å². The fourth-order valence-electron chi connectivity index (χ4n) is 2.31. The maximum Gasteiger partial charge on any atom is 0.229 e. The zero-order chi connectivity index (χ0) is 17.6. The first-order chi connectivity index (χ1) is 12.1. The Hall–Kier alpha value is -2.79. The summed E-state index contributed by atoms with van der Waals surface area (Å²) < 4.78 is 5.33. The molecule has 0 saturated carbocycles. The number of nitrogens with zero attached hydrogens (tertiary/aromatic N) is 2.